The molecular weight excluding hydrogens is 306 g/mol. The molecule has 2 aliphatic rings. The first-order valence-corrected chi connectivity index (χ1v) is 7.66. The topological polar surface area (TPSA) is 45.2 Å². The lowest BCUT2D eigenvalue weighted by Crippen LogP contribution is -2.32. The molecule has 19 heavy (non-hydrogen) atoms. The normalized spacial score (nSPS) is 23.5. The average molecular weight is 324 g/mol. The molecule has 0 aromatic carbocycles. The molecule has 1 aliphatic heterocycles. The highest BCUT2D eigenvalue weighted by Gasteiger charge is 2.34. The van der Waals surface area contributed by atoms with Crippen LogP contribution in [0.15, 0.2) is 22.8 Å². The van der Waals surface area contributed by atoms with E-state index in [1.807, 2.05) is 12.1 Å². The average Bonchev–Trinajstić information content (AvgIpc) is 3.16. The lowest BCUT2D eigenvalue weighted by molar-refractivity contribution is 0.0941. The largest absolute Gasteiger partial charge is 0.350 e. The highest BCUT2D eigenvalue weighted by atomic mass is 79.9. The number of halogens is 1. The molecule has 4 nitrogen and oxygen atoms in total. The SMILES string of the molecule is O=C(NCC1CCN(C2CC2)C1)c1ncccc1Br. The molecule has 0 bridgehead atoms. The fourth-order valence-electron chi connectivity index (χ4n) is 2.67. The van der Waals surface area contributed by atoms with Crippen molar-refractivity contribution in [3.63, 3.8) is 0 Å². The van der Waals surface area contributed by atoms with Gasteiger partial charge in [-0.2, -0.15) is 0 Å². The van der Waals surface area contributed by atoms with E-state index in [-0.39, 0.29) is 5.91 Å². The Morgan fingerprint density at radius 3 is 3.05 bits per heavy atom. The number of carbonyl (C=O) groups excluding carboxylic acids is 1. The molecule has 1 aromatic rings. The molecule has 3 rings (SSSR count). The van der Waals surface area contributed by atoms with Gasteiger partial charge in [0, 0.05) is 29.8 Å². The number of likely N-dealkylation sites (tertiary alicyclic amines) is 1. The lowest BCUT2D eigenvalue weighted by atomic mass is 10.1. The minimum absolute atomic E-state index is 0.0858. The van der Waals surface area contributed by atoms with E-state index in [0.29, 0.717) is 11.6 Å². The first kappa shape index (κ1) is 13.1. The summed E-state index contributed by atoms with van der Waals surface area (Å²) in [6.45, 7) is 3.08. The van der Waals surface area contributed by atoms with Gasteiger partial charge in [0.1, 0.15) is 5.69 Å². The van der Waals surface area contributed by atoms with E-state index >= 15 is 0 Å². The molecule has 1 atom stereocenters. The summed E-state index contributed by atoms with van der Waals surface area (Å²) in [5.41, 5.74) is 0.472. The minimum atomic E-state index is -0.0858. The van der Waals surface area contributed by atoms with Crippen LogP contribution < -0.4 is 5.32 Å². The summed E-state index contributed by atoms with van der Waals surface area (Å²) in [6, 6.07) is 4.49. The Bertz CT molecular complexity index is 476. The molecule has 1 aromatic heterocycles. The third-order valence-corrected chi connectivity index (χ3v) is 4.55. The van der Waals surface area contributed by atoms with Crippen LogP contribution in [0.1, 0.15) is 29.8 Å². The van der Waals surface area contributed by atoms with Crippen molar-refractivity contribution in [1.82, 2.24) is 15.2 Å². The molecule has 0 spiro atoms. The Labute approximate surface area is 121 Å². The van der Waals surface area contributed by atoms with Gasteiger partial charge in [-0.1, -0.05) is 0 Å². The van der Waals surface area contributed by atoms with Gasteiger partial charge in [-0.25, -0.2) is 4.98 Å². The Morgan fingerprint density at radius 1 is 1.47 bits per heavy atom. The molecule has 1 aliphatic carbocycles. The number of hydrogen-bond donors (Lipinski definition) is 1. The summed E-state index contributed by atoms with van der Waals surface area (Å²) < 4.78 is 0.749. The summed E-state index contributed by atoms with van der Waals surface area (Å²) in [4.78, 5) is 18.7. The number of pyridine rings is 1. The summed E-state index contributed by atoms with van der Waals surface area (Å²) in [5.74, 6) is 0.504. The van der Waals surface area contributed by atoms with E-state index in [2.05, 4.69) is 31.1 Å². The van der Waals surface area contributed by atoms with Gasteiger partial charge >= 0.3 is 0 Å². The van der Waals surface area contributed by atoms with Crippen molar-refractivity contribution in [1.29, 1.82) is 0 Å². The number of nitrogens with one attached hydrogen (secondary N) is 1. The molecule has 2 heterocycles. The van der Waals surface area contributed by atoms with Gasteiger partial charge in [-0.3, -0.25) is 4.79 Å². The van der Waals surface area contributed by atoms with Gasteiger partial charge in [0.05, 0.1) is 0 Å². The summed E-state index contributed by atoms with van der Waals surface area (Å²) in [6.07, 6.45) is 5.56. The Hall–Kier alpha value is -0.940. The lowest BCUT2D eigenvalue weighted by Gasteiger charge is -2.15. The second-order valence-electron chi connectivity index (χ2n) is 5.42. The van der Waals surface area contributed by atoms with E-state index in [0.717, 1.165) is 23.6 Å². The zero-order valence-corrected chi connectivity index (χ0v) is 12.4. The van der Waals surface area contributed by atoms with Gasteiger partial charge in [0.2, 0.25) is 0 Å². The zero-order valence-electron chi connectivity index (χ0n) is 10.8. The third kappa shape index (κ3) is 3.15. The van der Waals surface area contributed by atoms with Crippen molar-refractivity contribution in [3.8, 4) is 0 Å². The molecule has 0 radical (unpaired) electrons. The fraction of sp³-hybridized carbons (Fsp3) is 0.571. The van der Waals surface area contributed by atoms with Gasteiger partial charge in [0.15, 0.2) is 0 Å². The second kappa shape index (κ2) is 5.59. The Kier molecular flexibility index (Phi) is 3.84. The maximum atomic E-state index is 12.0. The van der Waals surface area contributed by atoms with Crippen LogP contribution in [0.5, 0.6) is 0 Å². The van der Waals surface area contributed by atoms with E-state index in [1.54, 1.807) is 6.20 Å². The number of aromatic nitrogens is 1. The number of carbonyl (C=O) groups is 1. The van der Waals surface area contributed by atoms with Crippen molar-refractivity contribution >= 4 is 21.8 Å². The summed E-state index contributed by atoms with van der Waals surface area (Å²) in [5, 5.41) is 3.00. The van der Waals surface area contributed by atoms with Crippen LogP contribution >= 0.6 is 15.9 Å². The highest BCUT2D eigenvalue weighted by molar-refractivity contribution is 9.10. The zero-order chi connectivity index (χ0) is 13.2. The fourth-order valence-corrected chi connectivity index (χ4v) is 3.11. The number of rotatable bonds is 4. The van der Waals surface area contributed by atoms with Crippen molar-refractivity contribution in [3.05, 3.63) is 28.5 Å². The van der Waals surface area contributed by atoms with E-state index in [4.69, 9.17) is 0 Å². The van der Waals surface area contributed by atoms with Crippen molar-refractivity contribution in [2.45, 2.75) is 25.3 Å². The maximum absolute atomic E-state index is 12.0. The van der Waals surface area contributed by atoms with Crippen molar-refractivity contribution in [2.24, 2.45) is 5.92 Å². The number of amides is 1. The standard InChI is InChI=1S/C14H18BrN3O/c15-12-2-1-6-16-13(12)14(19)17-8-10-5-7-18(9-10)11-3-4-11/h1-2,6,10-11H,3-5,7-9H2,(H,17,19). The van der Waals surface area contributed by atoms with Crippen LogP contribution in [0.25, 0.3) is 0 Å². The van der Waals surface area contributed by atoms with E-state index in [9.17, 15) is 4.79 Å². The highest BCUT2D eigenvalue weighted by Crippen LogP contribution is 2.31. The Balaban J connectivity index is 1.50. The smallest absolute Gasteiger partial charge is 0.271 e. The predicted octanol–water partition coefficient (Wildman–Crippen LogP) is 2.06. The second-order valence-corrected chi connectivity index (χ2v) is 6.28. The van der Waals surface area contributed by atoms with Crippen LogP contribution in [-0.2, 0) is 0 Å². The van der Waals surface area contributed by atoms with Crippen LogP contribution in [-0.4, -0.2) is 41.5 Å². The number of hydrogen-bond acceptors (Lipinski definition) is 3. The quantitative estimate of drug-likeness (QED) is 0.922. The molecule has 1 unspecified atom stereocenters. The summed E-state index contributed by atoms with van der Waals surface area (Å²) in [7, 11) is 0. The van der Waals surface area contributed by atoms with E-state index < -0.39 is 0 Å². The molecule has 1 saturated carbocycles. The van der Waals surface area contributed by atoms with Crippen molar-refractivity contribution in [2.75, 3.05) is 19.6 Å². The first-order chi connectivity index (χ1) is 9.24. The molecule has 1 saturated heterocycles. The first-order valence-electron chi connectivity index (χ1n) is 6.87. The van der Waals surface area contributed by atoms with Crippen LogP contribution in [0.4, 0.5) is 0 Å². The van der Waals surface area contributed by atoms with Crippen LogP contribution in [0.3, 0.4) is 0 Å². The minimum Gasteiger partial charge on any atom is -0.350 e. The maximum Gasteiger partial charge on any atom is 0.271 e. The van der Waals surface area contributed by atoms with E-state index in [1.165, 1.54) is 25.8 Å². The van der Waals surface area contributed by atoms with Gasteiger partial charge < -0.3 is 10.2 Å². The van der Waals surface area contributed by atoms with Crippen molar-refractivity contribution < 1.29 is 4.79 Å². The van der Waals surface area contributed by atoms with Gasteiger partial charge in [-0.15, -0.1) is 0 Å². The molecule has 1 amide bonds. The number of nitrogens with zero attached hydrogens (tertiary/aromatic N) is 2. The predicted molar refractivity (Wildman–Crippen MR) is 77.0 cm³/mol. The molecular formula is C14H18BrN3O. The monoisotopic (exact) mass is 323 g/mol. The molecule has 1 N–H and O–H groups in total. The third-order valence-electron chi connectivity index (χ3n) is 3.91. The Morgan fingerprint density at radius 2 is 2.32 bits per heavy atom. The van der Waals surface area contributed by atoms with Gasteiger partial charge in [-0.05, 0) is 59.8 Å². The van der Waals surface area contributed by atoms with Crippen LogP contribution in [0, 0.1) is 5.92 Å². The molecule has 2 fully saturated rings. The molecule has 102 valence electrons. The molecule has 5 heteroatoms. The summed E-state index contributed by atoms with van der Waals surface area (Å²) >= 11 is 3.36. The van der Waals surface area contributed by atoms with Crippen LogP contribution in [0.2, 0.25) is 0 Å². The van der Waals surface area contributed by atoms with Gasteiger partial charge in [0.25, 0.3) is 5.91 Å².